The van der Waals surface area contributed by atoms with E-state index in [4.69, 9.17) is 21.1 Å². The Labute approximate surface area is 188 Å². The molecule has 0 radical (unpaired) electrons. The molecular weight excluding hydrogens is 440 g/mol. The smallest absolute Gasteiger partial charge is 0.263 e. The van der Waals surface area contributed by atoms with E-state index in [-0.39, 0.29) is 30.9 Å². The Morgan fingerprint density at radius 2 is 1.90 bits per heavy atom. The lowest BCUT2D eigenvalue weighted by Crippen LogP contribution is -2.51. The van der Waals surface area contributed by atoms with Crippen molar-refractivity contribution in [3.63, 3.8) is 0 Å². The number of halogens is 1. The van der Waals surface area contributed by atoms with Gasteiger partial charge in [0.25, 0.3) is 5.91 Å². The third-order valence-electron chi connectivity index (χ3n) is 4.87. The molecular formula is C22H27ClN2O5S. The van der Waals surface area contributed by atoms with Crippen LogP contribution in [-0.2, 0) is 20.2 Å². The Morgan fingerprint density at radius 3 is 2.52 bits per heavy atom. The van der Waals surface area contributed by atoms with Gasteiger partial charge in [0.05, 0.1) is 25.0 Å². The second-order valence-corrected chi connectivity index (χ2v) is 10.8. The minimum atomic E-state index is -3.61. The van der Waals surface area contributed by atoms with Crippen molar-refractivity contribution in [3.05, 3.63) is 53.1 Å². The van der Waals surface area contributed by atoms with Crippen LogP contribution >= 0.6 is 11.6 Å². The number of carbonyl (C=O) groups excluding carboxylic acids is 1. The first-order chi connectivity index (χ1) is 14.4. The van der Waals surface area contributed by atoms with Gasteiger partial charge < -0.3 is 14.8 Å². The van der Waals surface area contributed by atoms with E-state index >= 15 is 0 Å². The van der Waals surface area contributed by atoms with Crippen molar-refractivity contribution in [2.75, 3.05) is 30.3 Å². The van der Waals surface area contributed by atoms with E-state index in [9.17, 15) is 13.2 Å². The third-order valence-corrected chi connectivity index (χ3v) is 6.26. The van der Waals surface area contributed by atoms with Gasteiger partial charge in [0.15, 0.2) is 6.10 Å². The monoisotopic (exact) mass is 466 g/mol. The van der Waals surface area contributed by atoms with E-state index in [0.717, 1.165) is 10.6 Å². The summed E-state index contributed by atoms with van der Waals surface area (Å²) in [5.41, 5.74) is 1.59. The van der Waals surface area contributed by atoms with Crippen LogP contribution in [0.15, 0.2) is 42.5 Å². The Morgan fingerprint density at radius 1 is 1.23 bits per heavy atom. The van der Waals surface area contributed by atoms with E-state index in [1.165, 1.54) is 11.6 Å². The molecule has 0 saturated carbocycles. The molecule has 1 N–H and O–H groups in total. The fraction of sp³-hybridized carbons (Fsp3) is 0.409. The Kier molecular flexibility index (Phi) is 6.71. The zero-order valence-electron chi connectivity index (χ0n) is 18.0. The minimum absolute atomic E-state index is 0.0658. The van der Waals surface area contributed by atoms with E-state index in [2.05, 4.69) is 26.1 Å². The zero-order chi connectivity index (χ0) is 22.8. The number of nitrogens with zero attached hydrogens (tertiary/aromatic N) is 1. The molecule has 31 heavy (non-hydrogen) atoms. The van der Waals surface area contributed by atoms with Gasteiger partial charge in [0.2, 0.25) is 10.0 Å². The molecule has 0 saturated heterocycles. The highest BCUT2D eigenvalue weighted by atomic mass is 35.5. The average Bonchev–Trinajstić information content (AvgIpc) is 2.69. The minimum Gasteiger partial charge on any atom is -0.492 e. The number of nitrogens with one attached hydrogen (secondary N) is 1. The predicted octanol–water partition coefficient (Wildman–Crippen LogP) is 3.36. The second kappa shape index (κ2) is 8.96. The number of amides is 1. The maximum atomic E-state index is 12.6. The molecule has 0 aliphatic carbocycles. The first-order valence-electron chi connectivity index (χ1n) is 9.90. The molecule has 1 atom stereocenters. The molecule has 0 unspecified atom stereocenters. The molecule has 2 aromatic carbocycles. The molecule has 1 amide bonds. The number of ether oxygens (including phenoxy) is 2. The lowest BCUT2D eigenvalue weighted by atomic mass is 9.87. The van der Waals surface area contributed by atoms with Crippen LogP contribution in [0.3, 0.4) is 0 Å². The summed E-state index contributed by atoms with van der Waals surface area (Å²) in [6.07, 6.45) is 0.103. The molecule has 2 aromatic rings. The van der Waals surface area contributed by atoms with Gasteiger partial charge in [-0.2, -0.15) is 0 Å². The van der Waals surface area contributed by atoms with Crippen molar-refractivity contribution in [2.24, 2.45) is 0 Å². The zero-order valence-corrected chi connectivity index (χ0v) is 19.6. The summed E-state index contributed by atoms with van der Waals surface area (Å²) in [6, 6.07) is 12.5. The Hall–Kier alpha value is -2.45. The highest BCUT2D eigenvalue weighted by molar-refractivity contribution is 7.92. The summed E-state index contributed by atoms with van der Waals surface area (Å²) in [6.45, 7) is 6.82. The van der Waals surface area contributed by atoms with Gasteiger partial charge in [-0.1, -0.05) is 44.5 Å². The highest BCUT2D eigenvalue weighted by Gasteiger charge is 2.35. The second-order valence-electron chi connectivity index (χ2n) is 8.43. The van der Waals surface area contributed by atoms with Crippen molar-refractivity contribution >= 4 is 33.2 Å². The van der Waals surface area contributed by atoms with E-state index < -0.39 is 22.0 Å². The van der Waals surface area contributed by atoms with Crippen LogP contribution in [0, 0.1) is 0 Å². The third kappa shape index (κ3) is 5.83. The van der Waals surface area contributed by atoms with Crippen LogP contribution in [0.25, 0.3) is 0 Å². The fourth-order valence-corrected chi connectivity index (χ4v) is 4.26. The van der Waals surface area contributed by atoms with Gasteiger partial charge in [-0.3, -0.25) is 9.10 Å². The van der Waals surface area contributed by atoms with Crippen LogP contribution in [0.2, 0.25) is 5.02 Å². The number of carbonyl (C=O) groups is 1. The van der Waals surface area contributed by atoms with E-state index in [1.807, 2.05) is 24.3 Å². The summed E-state index contributed by atoms with van der Waals surface area (Å²) in [7, 11) is -3.61. The first kappa shape index (κ1) is 23.2. The summed E-state index contributed by atoms with van der Waals surface area (Å²) in [5, 5.41) is 3.12. The maximum absolute atomic E-state index is 12.6. The molecule has 7 nitrogen and oxygen atoms in total. The normalized spacial score (nSPS) is 16.3. The lowest BCUT2D eigenvalue weighted by Gasteiger charge is -2.34. The number of fused-ring (bicyclic) bond motifs is 1. The number of hydrogen-bond acceptors (Lipinski definition) is 5. The van der Waals surface area contributed by atoms with Crippen molar-refractivity contribution in [1.29, 1.82) is 0 Å². The van der Waals surface area contributed by atoms with Crippen LogP contribution in [0.5, 0.6) is 11.5 Å². The van der Waals surface area contributed by atoms with E-state index in [1.54, 1.807) is 12.1 Å². The lowest BCUT2D eigenvalue weighted by molar-refractivity contribution is -0.127. The van der Waals surface area contributed by atoms with Gasteiger partial charge in [-0.25, -0.2) is 8.42 Å². The van der Waals surface area contributed by atoms with E-state index in [0.29, 0.717) is 16.5 Å². The Bertz CT molecular complexity index is 1050. The molecule has 3 rings (SSSR count). The summed E-state index contributed by atoms with van der Waals surface area (Å²) in [5.74, 6) is 0.586. The number of sulfonamides is 1. The van der Waals surface area contributed by atoms with Gasteiger partial charge in [0, 0.05) is 5.02 Å². The first-order valence-corrected chi connectivity index (χ1v) is 12.1. The van der Waals surface area contributed by atoms with Gasteiger partial charge >= 0.3 is 0 Å². The van der Waals surface area contributed by atoms with Crippen LogP contribution in [-0.4, -0.2) is 46.4 Å². The molecule has 0 aromatic heterocycles. The fourth-order valence-electron chi connectivity index (χ4n) is 3.18. The van der Waals surface area contributed by atoms with Crippen molar-refractivity contribution in [2.45, 2.75) is 32.3 Å². The Balaban J connectivity index is 1.56. The van der Waals surface area contributed by atoms with Crippen molar-refractivity contribution in [3.8, 4) is 11.5 Å². The predicted molar refractivity (Wildman–Crippen MR) is 122 cm³/mol. The van der Waals surface area contributed by atoms with Gasteiger partial charge in [-0.05, 0) is 41.3 Å². The van der Waals surface area contributed by atoms with Crippen LogP contribution in [0.1, 0.15) is 26.3 Å². The number of rotatable bonds is 6. The summed E-state index contributed by atoms with van der Waals surface area (Å²) >= 11 is 5.99. The van der Waals surface area contributed by atoms with Gasteiger partial charge in [-0.15, -0.1) is 0 Å². The van der Waals surface area contributed by atoms with Crippen LogP contribution in [0.4, 0.5) is 5.69 Å². The average molecular weight is 467 g/mol. The molecule has 9 heteroatoms. The number of anilines is 1. The standard InChI is InChI=1S/C22H27ClN2O5S/c1-22(2,3)15-5-8-17(9-6-15)29-12-11-24-21(26)20-14-25(31(4,27)28)18-13-16(23)7-10-19(18)30-20/h5-10,13,20H,11-12,14H2,1-4H3,(H,24,26)/t20-/m1/s1. The topological polar surface area (TPSA) is 84.9 Å². The molecule has 1 aliphatic heterocycles. The molecule has 0 fully saturated rings. The summed E-state index contributed by atoms with van der Waals surface area (Å²) < 4.78 is 36.9. The SMILES string of the molecule is CC(C)(C)c1ccc(OCCNC(=O)[C@H]2CN(S(C)(=O)=O)c3cc(Cl)ccc3O2)cc1. The largest absolute Gasteiger partial charge is 0.492 e. The maximum Gasteiger partial charge on any atom is 0.263 e. The van der Waals surface area contributed by atoms with Crippen molar-refractivity contribution in [1.82, 2.24) is 5.32 Å². The quantitative estimate of drug-likeness (QED) is 0.660. The molecule has 0 bridgehead atoms. The summed E-state index contributed by atoms with van der Waals surface area (Å²) in [4.78, 5) is 12.6. The van der Waals surface area contributed by atoms with Crippen LogP contribution < -0.4 is 19.1 Å². The molecule has 168 valence electrons. The molecule has 0 spiro atoms. The number of hydrogen-bond donors (Lipinski definition) is 1. The molecule has 1 aliphatic rings. The van der Waals surface area contributed by atoms with Crippen molar-refractivity contribution < 1.29 is 22.7 Å². The molecule has 1 heterocycles. The highest BCUT2D eigenvalue weighted by Crippen LogP contribution is 2.37. The number of benzene rings is 2. The van der Waals surface area contributed by atoms with Gasteiger partial charge in [0.1, 0.15) is 18.1 Å².